The smallest absolute Gasteiger partial charge is 0.234 e. The van der Waals surface area contributed by atoms with Crippen LogP contribution in [0.25, 0.3) is 0 Å². The predicted molar refractivity (Wildman–Crippen MR) is 128 cm³/mol. The van der Waals surface area contributed by atoms with Crippen LogP contribution in [-0.4, -0.2) is 60.7 Å². The van der Waals surface area contributed by atoms with Crippen LogP contribution in [0.5, 0.6) is 0 Å². The van der Waals surface area contributed by atoms with Crippen LogP contribution >= 0.6 is 0 Å². The zero-order valence-electron chi connectivity index (χ0n) is 19.9. The van der Waals surface area contributed by atoms with Crippen LogP contribution in [0, 0.1) is 18.3 Å². The number of aryl methyl sites for hydroxylation is 1. The molecule has 1 amide bonds. The Morgan fingerprint density at radius 1 is 1.18 bits per heavy atom. The molecular formula is C26H33N5O2. The Kier molecular flexibility index (Phi) is 6.96. The van der Waals surface area contributed by atoms with Crippen molar-refractivity contribution in [3.63, 3.8) is 0 Å². The topological polar surface area (TPSA) is 81.5 Å². The minimum atomic E-state index is -0.282. The van der Waals surface area contributed by atoms with E-state index in [9.17, 15) is 10.1 Å². The number of nitrogens with one attached hydrogen (secondary N) is 1. The van der Waals surface area contributed by atoms with E-state index in [1.54, 1.807) is 0 Å². The number of rotatable bonds is 6. The van der Waals surface area contributed by atoms with Crippen LogP contribution < -0.4 is 10.2 Å². The normalized spacial score (nSPS) is 17.8. The molecule has 2 aliphatic rings. The van der Waals surface area contributed by atoms with Crippen molar-refractivity contribution in [2.75, 3.05) is 44.2 Å². The molecule has 0 bridgehead atoms. The van der Waals surface area contributed by atoms with Crippen LogP contribution in [-0.2, 0) is 29.0 Å². The maximum absolute atomic E-state index is 12.4. The second kappa shape index (κ2) is 9.90. The quantitative estimate of drug-likeness (QED) is 0.733. The highest BCUT2D eigenvalue weighted by molar-refractivity contribution is 5.78. The first-order valence-corrected chi connectivity index (χ1v) is 11.7. The summed E-state index contributed by atoms with van der Waals surface area (Å²) in [5, 5.41) is 13.0. The van der Waals surface area contributed by atoms with Crippen molar-refractivity contribution < 1.29 is 9.53 Å². The van der Waals surface area contributed by atoms with Gasteiger partial charge in [0.25, 0.3) is 0 Å². The number of nitriles is 1. The van der Waals surface area contributed by atoms with Crippen LogP contribution in [0.1, 0.15) is 41.8 Å². The molecule has 174 valence electrons. The van der Waals surface area contributed by atoms with Gasteiger partial charge in [-0.2, -0.15) is 5.26 Å². The minimum absolute atomic E-state index is 0.0575. The number of hydrogen-bond donors (Lipinski definition) is 1. The summed E-state index contributed by atoms with van der Waals surface area (Å²) < 4.78 is 5.95. The molecule has 1 N–H and O–H groups in total. The summed E-state index contributed by atoms with van der Waals surface area (Å²) in [5.41, 5.74) is 4.70. The molecule has 1 saturated heterocycles. The van der Waals surface area contributed by atoms with Gasteiger partial charge in [-0.3, -0.25) is 9.69 Å². The standard InChI is InChI=1S/C26H33N5O2/c1-19-23-18-33-26(2,3)15-21(23)22(16-27)25(29-19)31-13-11-30(12-14-31)17-24(32)28-10-9-20-7-5-4-6-8-20/h4-8H,9-15,17-18H2,1-3H3,(H,28,32). The van der Waals surface area contributed by atoms with Crippen molar-refractivity contribution in [3.05, 3.63) is 58.3 Å². The van der Waals surface area contributed by atoms with E-state index in [-0.39, 0.29) is 11.5 Å². The third-order valence-corrected chi connectivity index (χ3v) is 6.54. The van der Waals surface area contributed by atoms with E-state index in [0.717, 1.165) is 55.2 Å². The van der Waals surface area contributed by atoms with Gasteiger partial charge in [-0.05, 0) is 38.3 Å². The third kappa shape index (κ3) is 5.52. The molecule has 3 heterocycles. The average Bonchev–Trinajstić information content (AvgIpc) is 2.79. The van der Waals surface area contributed by atoms with Crippen molar-refractivity contribution in [1.82, 2.24) is 15.2 Å². The van der Waals surface area contributed by atoms with Crippen molar-refractivity contribution in [2.45, 2.75) is 45.8 Å². The highest BCUT2D eigenvalue weighted by atomic mass is 16.5. The first-order valence-electron chi connectivity index (χ1n) is 11.7. The molecule has 0 saturated carbocycles. The minimum Gasteiger partial charge on any atom is -0.370 e. The molecule has 7 nitrogen and oxygen atoms in total. The highest BCUT2D eigenvalue weighted by Gasteiger charge is 2.32. The molecule has 0 aliphatic carbocycles. The van der Waals surface area contributed by atoms with Gasteiger partial charge in [-0.25, -0.2) is 4.98 Å². The summed E-state index contributed by atoms with van der Waals surface area (Å²) in [6.07, 6.45) is 1.55. The van der Waals surface area contributed by atoms with E-state index >= 15 is 0 Å². The number of amides is 1. The van der Waals surface area contributed by atoms with Crippen LogP contribution in [0.3, 0.4) is 0 Å². The van der Waals surface area contributed by atoms with Gasteiger partial charge < -0.3 is 15.0 Å². The Hall–Kier alpha value is -2.95. The molecule has 2 aliphatic heterocycles. The fraction of sp³-hybridized carbons (Fsp3) is 0.500. The number of pyridine rings is 1. The average molecular weight is 448 g/mol. The SMILES string of the molecule is Cc1nc(N2CCN(CC(=O)NCCc3ccccc3)CC2)c(C#N)c2c1COC(C)(C)C2. The second-order valence-electron chi connectivity index (χ2n) is 9.54. The molecule has 0 spiro atoms. The monoisotopic (exact) mass is 447 g/mol. The molecule has 1 aromatic carbocycles. The Morgan fingerprint density at radius 3 is 2.61 bits per heavy atom. The number of aromatic nitrogens is 1. The lowest BCUT2D eigenvalue weighted by Crippen LogP contribution is -2.50. The molecule has 4 rings (SSSR count). The largest absolute Gasteiger partial charge is 0.370 e. The van der Waals surface area contributed by atoms with E-state index in [2.05, 4.69) is 47.2 Å². The van der Waals surface area contributed by atoms with Gasteiger partial charge in [0.1, 0.15) is 11.9 Å². The lowest BCUT2D eigenvalue weighted by atomic mass is 9.88. The van der Waals surface area contributed by atoms with Gasteiger partial charge >= 0.3 is 0 Å². The number of carbonyl (C=O) groups is 1. The predicted octanol–water partition coefficient (Wildman–Crippen LogP) is 2.59. The van der Waals surface area contributed by atoms with E-state index in [0.29, 0.717) is 31.7 Å². The van der Waals surface area contributed by atoms with Gasteiger partial charge in [0.2, 0.25) is 5.91 Å². The van der Waals surface area contributed by atoms with Crippen LogP contribution in [0.15, 0.2) is 30.3 Å². The van der Waals surface area contributed by atoms with Crippen molar-refractivity contribution >= 4 is 11.7 Å². The van der Waals surface area contributed by atoms with Crippen LogP contribution in [0.4, 0.5) is 5.82 Å². The summed E-state index contributed by atoms with van der Waals surface area (Å²) in [6, 6.07) is 12.6. The third-order valence-electron chi connectivity index (χ3n) is 6.54. The summed E-state index contributed by atoms with van der Waals surface area (Å²) in [6.45, 7) is 10.7. The summed E-state index contributed by atoms with van der Waals surface area (Å²) in [4.78, 5) is 21.6. The molecule has 7 heteroatoms. The molecular weight excluding hydrogens is 414 g/mol. The molecule has 0 atom stereocenters. The zero-order chi connectivity index (χ0) is 23.4. The number of ether oxygens (including phenoxy) is 1. The van der Waals surface area contributed by atoms with E-state index in [1.807, 2.05) is 25.1 Å². The summed E-state index contributed by atoms with van der Waals surface area (Å²) >= 11 is 0. The van der Waals surface area contributed by atoms with Crippen molar-refractivity contribution in [2.24, 2.45) is 0 Å². The number of nitrogens with zero attached hydrogens (tertiary/aromatic N) is 4. The fourth-order valence-electron chi connectivity index (χ4n) is 4.63. The number of benzene rings is 1. The van der Waals surface area contributed by atoms with Crippen molar-refractivity contribution in [3.8, 4) is 6.07 Å². The van der Waals surface area contributed by atoms with E-state index < -0.39 is 0 Å². The maximum atomic E-state index is 12.4. The van der Waals surface area contributed by atoms with E-state index in [1.165, 1.54) is 5.56 Å². The van der Waals surface area contributed by atoms with Gasteiger partial charge in [-0.1, -0.05) is 30.3 Å². The molecule has 1 aromatic heterocycles. The highest BCUT2D eigenvalue weighted by Crippen LogP contribution is 2.35. The molecule has 0 unspecified atom stereocenters. The Balaban J connectivity index is 1.34. The second-order valence-corrected chi connectivity index (χ2v) is 9.54. The number of fused-ring (bicyclic) bond motifs is 1. The molecule has 0 radical (unpaired) electrons. The summed E-state index contributed by atoms with van der Waals surface area (Å²) in [5.74, 6) is 0.834. The first kappa shape index (κ1) is 23.2. The van der Waals surface area contributed by atoms with Crippen LogP contribution in [0.2, 0.25) is 0 Å². The molecule has 1 fully saturated rings. The van der Waals surface area contributed by atoms with Gasteiger partial charge in [0.05, 0.1) is 24.3 Å². The number of hydrogen-bond acceptors (Lipinski definition) is 6. The number of carbonyl (C=O) groups excluding carboxylic acids is 1. The molecule has 2 aromatic rings. The summed E-state index contributed by atoms with van der Waals surface area (Å²) in [7, 11) is 0. The fourth-order valence-corrected chi connectivity index (χ4v) is 4.63. The van der Waals surface area contributed by atoms with Gasteiger partial charge in [-0.15, -0.1) is 0 Å². The molecule has 33 heavy (non-hydrogen) atoms. The lowest BCUT2D eigenvalue weighted by molar-refractivity contribution is -0.122. The lowest BCUT2D eigenvalue weighted by Gasteiger charge is -2.37. The van der Waals surface area contributed by atoms with E-state index in [4.69, 9.17) is 9.72 Å². The number of anilines is 1. The van der Waals surface area contributed by atoms with Crippen molar-refractivity contribution in [1.29, 1.82) is 5.26 Å². The Morgan fingerprint density at radius 2 is 1.91 bits per heavy atom. The first-order chi connectivity index (χ1) is 15.9. The maximum Gasteiger partial charge on any atom is 0.234 e. The van der Waals surface area contributed by atoms with Gasteiger partial charge in [0.15, 0.2) is 0 Å². The Labute approximate surface area is 196 Å². The van der Waals surface area contributed by atoms with Gasteiger partial charge in [0, 0.05) is 50.4 Å². The Bertz CT molecular complexity index is 1040. The number of piperazine rings is 1. The zero-order valence-corrected chi connectivity index (χ0v) is 19.9.